The summed E-state index contributed by atoms with van der Waals surface area (Å²) in [5.74, 6) is 0.752. The van der Waals surface area contributed by atoms with Crippen molar-refractivity contribution in [1.82, 2.24) is 0 Å². The van der Waals surface area contributed by atoms with Crippen molar-refractivity contribution >= 4 is 35.6 Å². The van der Waals surface area contributed by atoms with E-state index in [1.807, 2.05) is 0 Å². The third-order valence-electron chi connectivity index (χ3n) is 5.32. The number of hydrogen-bond acceptors (Lipinski definition) is 5. The number of carbonyl (C=O) groups is 2. The van der Waals surface area contributed by atoms with Crippen molar-refractivity contribution < 1.29 is 19.1 Å². The van der Waals surface area contributed by atoms with Gasteiger partial charge in [-0.25, -0.2) is 0 Å². The summed E-state index contributed by atoms with van der Waals surface area (Å²) in [6, 6.07) is 12.3. The Kier molecular flexibility index (Phi) is 7.18. The highest BCUT2D eigenvalue weighted by molar-refractivity contribution is 6.10. The van der Waals surface area contributed by atoms with Gasteiger partial charge in [-0.1, -0.05) is 18.6 Å². The number of rotatable bonds is 4. The number of nitrogens with two attached hydrogens (primary N) is 1. The van der Waals surface area contributed by atoms with E-state index in [0.29, 0.717) is 48.1 Å². The predicted molar refractivity (Wildman–Crippen MR) is 118 cm³/mol. The molecule has 0 bridgehead atoms. The number of anilines is 2. The molecule has 0 aromatic heterocycles. The average molecular weight is 432 g/mol. The van der Waals surface area contributed by atoms with Crippen LogP contribution in [0.25, 0.3) is 0 Å². The number of nitrogens with one attached hydrogen (secondary N) is 2. The van der Waals surface area contributed by atoms with E-state index in [9.17, 15) is 9.59 Å². The number of hydrogen-bond donors (Lipinski definition) is 3. The average Bonchev–Trinajstić information content (AvgIpc) is 2.74. The summed E-state index contributed by atoms with van der Waals surface area (Å²) in [7, 11) is 0. The maximum absolute atomic E-state index is 12.9. The summed E-state index contributed by atoms with van der Waals surface area (Å²) in [6.45, 7) is 0.988. The van der Waals surface area contributed by atoms with Crippen LogP contribution in [0.5, 0.6) is 11.5 Å². The molecule has 4 rings (SSSR count). The number of carbonyl (C=O) groups excluding carboxylic acids is 2. The fourth-order valence-electron chi connectivity index (χ4n) is 3.81. The van der Waals surface area contributed by atoms with Crippen LogP contribution in [0.3, 0.4) is 0 Å². The van der Waals surface area contributed by atoms with Gasteiger partial charge in [-0.15, -0.1) is 12.4 Å². The smallest absolute Gasteiger partial charge is 0.257 e. The van der Waals surface area contributed by atoms with Gasteiger partial charge in [0.25, 0.3) is 5.91 Å². The first-order valence-electron chi connectivity index (χ1n) is 9.96. The van der Waals surface area contributed by atoms with Crippen molar-refractivity contribution in [2.45, 2.75) is 31.7 Å². The van der Waals surface area contributed by atoms with Crippen LogP contribution in [-0.4, -0.2) is 31.1 Å². The fourth-order valence-corrected chi connectivity index (χ4v) is 3.81. The molecule has 2 amide bonds. The lowest BCUT2D eigenvalue weighted by Gasteiger charge is -2.26. The van der Waals surface area contributed by atoms with Gasteiger partial charge in [-0.2, -0.15) is 0 Å². The predicted octanol–water partition coefficient (Wildman–Crippen LogP) is 3.59. The quantitative estimate of drug-likeness (QED) is 0.686. The Morgan fingerprint density at radius 2 is 1.73 bits per heavy atom. The van der Waals surface area contributed by atoms with Gasteiger partial charge in [-0.3, -0.25) is 9.59 Å². The van der Waals surface area contributed by atoms with Gasteiger partial charge < -0.3 is 25.8 Å². The number of amides is 2. The van der Waals surface area contributed by atoms with Crippen LogP contribution in [0.4, 0.5) is 11.4 Å². The maximum atomic E-state index is 12.9. The van der Waals surface area contributed by atoms with Crippen LogP contribution in [0.1, 0.15) is 36.0 Å². The minimum absolute atomic E-state index is 0. The summed E-state index contributed by atoms with van der Waals surface area (Å²) in [6.07, 6.45) is 3.41. The lowest BCUT2D eigenvalue weighted by molar-refractivity contribution is -0.120. The van der Waals surface area contributed by atoms with Gasteiger partial charge in [0, 0.05) is 23.7 Å². The van der Waals surface area contributed by atoms with E-state index in [2.05, 4.69) is 10.6 Å². The van der Waals surface area contributed by atoms with E-state index < -0.39 is 0 Å². The standard InChI is InChI=1S/C22H25N3O4.ClH/c23-15-5-3-4-14(12-15)21(26)25-18-7-2-1-6-17(18)22(27)24-16-8-9-19-20(13-16)29-11-10-28-19;/h1-2,6-9,13-15H,3-5,10-12,23H2,(H,24,27)(H,25,26);1H. The molecule has 1 aliphatic heterocycles. The minimum Gasteiger partial charge on any atom is -0.486 e. The first-order chi connectivity index (χ1) is 14.1. The maximum Gasteiger partial charge on any atom is 0.257 e. The lowest BCUT2D eigenvalue weighted by Crippen LogP contribution is -2.34. The molecule has 2 aromatic carbocycles. The fraction of sp³-hybridized carbons (Fsp3) is 0.364. The van der Waals surface area contributed by atoms with Crippen molar-refractivity contribution in [3.8, 4) is 11.5 Å². The molecule has 30 heavy (non-hydrogen) atoms. The molecule has 4 N–H and O–H groups in total. The zero-order valence-electron chi connectivity index (χ0n) is 16.6. The first-order valence-corrected chi connectivity index (χ1v) is 9.96. The lowest BCUT2D eigenvalue weighted by atomic mass is 9.85. The molecule has 160 valence electrons. The molecule has 8 heteroatoms. The van der Waals surface area contributed by atoms with Crippen LogP contribution in [0, 0.1) is 5.92 Å². The van der Waals surface area contributed by atoms with Gasteiger partial charge in [-0.05, 0) is 43.5 Å². The Balaban J connectivity index is 0.00000256. The van der Waals surface area contributed by atoms with Crippen molar-refractivity contribution in [1.29, 1.82) is 0 Å². The van der Waals surface area contributed by atoms with Crippen LogP contribution in [-0.2, 0) is 4.79 Å². The molecule has 2 atom stereocenters. The molecule has 1 aliphatic carbocycles. The van der Waals surface area contributed by atoms with Crippen LogP contribution in [0.15, 0.2) is 42.5 Å². The van der Waals surface area contributed by atoms with Crippen molar-refractivity contribution in [2.75, 3.05) is 23.8 Å². The van der Waals surface area contributed by atoms with E-state index in [-0.39, 0.29) is 36.2 Å². The molecule has 0 radical (unpaired) electrons. The van der Waals surface area contributed by atoms with Gasteiger partial charge in [0.2, 0.25) is 5.91 Å². The minimum atomic E-state index is -0.307. The molecular weight excluding hydrogens is 406 g/mol. The zero-order valence-corrected chi connectivity index (χ0v) is 17.4. The molecule has 2 unspecified atom stereocenters. The summed E-state index contributed by atoms with van der Waals surface area (Å²) in [5.41, 5.74) is 7.49. The molecule has 2 aromatic rings. The molecule has 0 saturated heterocycles. The Bertz CT molecular complexity index is 921. The third-order valence-corrected chi connectivity index (χ3v) is 5.32. The number of halogens is 1. The second-order valence-corrected chi connectivity index (χ2v) is 7.47. The normalized spacial score (nSPS) is 19.9. The largest absolute Gasteiger partial charge is 0.486 e. The Labute approximate surface area is 181 Å². The van der Waals surface area contributed by atoms with Crippen LogP contribution < -0.4 is 25.8 Å². The first kappa shape index (κ1) is 21.9. The topological polar surface area (TPSA) is 103 Å². The molecule has 1 saturated carbocycles. The van der Waals surface area contributed by atoms with E-state index in [1.54, 1.807) is 42.5 Å². The highest BCUT2D eigenvalue weighted by Crippen LogP contribution is 2.33. The number of benzene rings is 2. The zero-order chi connectivity index (χ0) is 20.2. The third kappa shape index (κ3) is 5.04. The molecule has 0 spiro atoms. The van der Waals surface area contributed by atoms with E-state index in [1.165, 1.54) is 0 Å². The highest BCUT2D eigenvalue weighted by Gasteiger charge is 2.26. The van der Waals surface area contributed by atoms with E-state index in [4.69, 9.17) is 15.2 Å². The van der Waals surface area contributed by atoms with Crippen molar-refractivity contribution in [2.24, 2.45) is 11.7 Å². The van der Waals surface area contributed by atoms with E-state index >= 15 is 0 Å². The molecule has 1 heterocycles. The van der Waals surface area contributed by atoms with Gasteiger partial charge in [0.05, 0.1) is 11.3 Å². The Morgan fingerprint density at radius 1 is 0.967 bits per heavy atom. The second-order valence-electron chi connectivity index (χ2n) is 7.47. The SMILES string of the molecule is Cl.NC1CCCC(C(=O)Nc2ccccc2C(=O)Nc2ccc3c(c2)OCCO3)C1. The summed E-state index contributed by atoms with van der Waals surface area (Å²) < 4.78 is 11.1. The van der Waals surface area contributed by atoms with E-state index in [0.717, 1.165) is 19.3 Å². The van der Waals surface area contributed by atoms with Gasteiger partial charge >= 0.3 is 0 Å². The second kappa shape index (κ2) is 9.82. The van der Waals surface area contributed by atoms with Crippen molar-refractivity contribution in [3.63, 3.8) is 0 Å². The summed E-state index contributed by atoms with van der Waals surface area (Å²) in [5, 5.41) is 5.78. The summed E-state index contributed by atoms with van der Waals surface area (Å²) in [4.78, 5) is 25.5. The molecular formula is C22H26ClN3O4. The van der Waals surface area contributed by atoms with Gasteiger partial charge in [0.15, 0.2) is 11.5 Å². The monoisotopic (exact) mass is 431 g/mol. The number of fused-ring (bicyclic) bond motifs is 1. The van der Waals surface area contributed by atoms with Crippen LogP contribution >= 0.6 is 12.4 Å². The van der Waals surface area contributed by atoms with Crippen molar-refractivity contribution in [3.05, 3.63) is 48.0 Å². The Hall–Kier alpha value is -2.77. The number of para-hydroxylation sites is 1. The molecule has 2 aliphatic rings. The molecule has 1 fully saturated rings. The highest BCUT2D eigenvalue weighted by atomic mass is 35.5. The Morgan fingerprint density at radius 3 is 2.53 bits per heavy atom. The molecule has 7 nitrogen and oxygen atoms in total. The number of ether oxygens (including phenoxy) is 2. The van der Waals surface area contributed by atoms with Gasteiger partial charge in [0.1, 0.15) is 13.2 Å². The summed E-state index contributed by atoms with van der Waals surface area (Å²) >= 11 is 0. The van der Waals surface area contributed by atoms with Crippen LogP contribution in [0.2, 0.25) is 0 Å².